The number of likely N-dealkylation sites (tertiary alicyclic amines) is 1. The number of likely N-dealkylation sites (N-methyl/N-ethyl adjacent to an activating group) is 1. The Hall–Kier alpha value is -0.650. The van der Waals surface area contributed by atoms with Gasteiger partial charge in [0, 0.05) is 32.2 Å². The molecule has 2 aliphatic rings. The molecule has 116 valence electrons. The molecule has 1 amide bonds. The minimum Gasteiger partial charge on any atom is -0.392 e. The van der Waals surface area contributed by atoms with Gasteiger partial charge in [0.2, 0.25) is 5.91 Å². The van der Waals surface area contributed by atoms with Crippen LogP contribution in [0.5, 0.6) is 0 Å². The average Bonchev–Trinajstić information content (AvgIpc) is 2.47. The van der Waals surface area contributed by atoms with Gasteiger partial charge in [0.25, 0.3) is 0 Å². The lowest BCUT2D eigenvalue weighted by Gasteiger charge is -2.40. The minimum atomic E-state index is -0.296. The van der Waals surface area contributed by atoms with Crippen molar-refractivity contribution in [1.29, 1.82) is 0 Å². The normalized spacial score (nSPS) is 27.6. The predicted molar refractivity (Wildman–Crippen MR) is 79.6 cm³/mol. The summed E-state index contributed by atoms with van der Waals surface area (Å²) in [4.78, 5) is 18.9. The molecule has 0 aromatic heterocycles. The molecule has 2 heterocycles. The van der Waals surface area contributed by atoms with Crippen molar-refractivity contribution in [3.8, 4) is 0 Å². The summed E-state index contributed by atoms with van der Waals surface area (Å²) in [6.45, 7) is 7.04. The lowest BCUT2D eigenvalue weighted by molar-refractivity contribution is -0.135. The topological polar surface area (TPSA) is 47.0 Å². The van der Waals surface area contributed by atoms with E-state index in [1.165, 1.54) is 6.42 Å². The molecule has 0 aliphatic carbocycles. The Morgan fingerprint density at radius 3 is 2.55 bits per heavy atom. The summed E-state index contributed by atoms with van der Waals surface area (Å²) >= 11 is 0. The first-order chi connectivity index (χ1) is 9.61. The van der Waals surface area contributed by atoms with E-state index in [1.807, 2.05) is 11.8 Å². The first-order valence-corrected chi connectivity index (χ1v) is 8.00. The third-order valence-electron chi connectivity index (χ3n) is 4.72. The van der Waals surface area contributed by atoms with E-state index >= 15 is 0 Å². The Labute approximate surface area is 122 Å². The summed E-state index contributed by atoms with van der Waals surface area (Å²) in [6, 6.07) is 0.171. The summed E-state index contributed by atoms with van der Waals surface area (Å²) in [5, 5.41) is 10.1. The second-order valence-corrected chi connectivity index (χ2v) is 6.19. The van der Waals surface area contributed by atoms with Crippen LogP contribution in [0.3, 0.4) is 0 Å². The van der Waals surface area contributed by atoms with Crippen LogP contribution in [0.25, 0.3) is 0 Å². The molecule has 2 saturated heterocycles. The quantitative estimate of drug-likeness (QED) is 0.810. The van der Waals surface area contributed by atoms with Crippen LogP contribution < -0.4 is 0 Å². The summed E-state index contributed by atoms with van der Waals surface area (Å²) in [7, 11) is 2.10. The zero-order valence-corrected chi connectivity index (χ0v) is 12.9. The van der Waals surface area contributed by atoms with E-state index in [1.54, 1.807) is 0 Å². The number of aliphatic hydroxyl groups is 1. The highest BCUT2D eigenvalue weighted by Crippen LogP contribution is 2.21. The van der Waals surface area contributed by atoms with E-state index in [0.29, 0.717) is 6.54 Å². The summed E-state index contributed by atoms with van der Waals surface area (Å²) in [6.07, 6.45) is 3.80. The van der Waals surface area contributed by atoms with Gasteiger partial charge >= 0.3 is 0 Å². The van der Waals surface area contributed by atoms with Crippen molar-refractivity contribution >= 4 is 5.91 Å². The Kier molecular flexibility index (Phi) is 5.81. The number of piperazine rings is 1. The second-order valence-electron chi connectivity index (χ2n) is 6.19. The smallest absolute Gasteiger partial charge is 0.236 e. The monoisotopic (exact) mass is 283 g/mol. The molecule has 2 aliphatic heterocycles. The van der Waals surface area contributed by atoms with Gasteiger partial charge in [0.15, 0.2) is 0 Å². The highest BCUT2D eigenvalue weighted by Gasteiger charge is 2.30. The molecule has 2 rings (SSSR count). The van der Waals surface area contributed by atoms with Gasteiger partial charge in [-0.25, -0.2) is 0 Å². The van der Waals surface area contributed by atoms with Crippen LogP contribution in [0.2, 0.25) is 0 Å². The number of carbonyl (C=O) groups excluding carboxylic acids is 1. The Balaban J connectivity index is 1.88. The number of aliphatic hydroxyl groups excluding tert-OH is 1. The number of hydrogen-bond donors (Lipinski definition) is 1. The highest BCUT2D eigenvalue weighted by atomic mass is 16.3. The molecular weight excluding hydrogens is 254 g/mol. The number of piperidine rings is 1. The molecule has 0 aromatic rings. The van der Waals surface area contributed by atoms with Gasteiger partial charge in [-0.1, -0.05) is 13.3 Å². The zero-order valence-electron chi connectivity index (χ0n) is 12.9. The summed E-state index contributed by atoms with van der Waals surface area (Å²) < 4.78 is 0. The van der Waals surface area contributed by atoms with Crippen LogP contribution in [0, 0.1) is 0 Å². The van der Waals surface area contributed by atoms with Gasteiger partial charge in [-0.15, -0.1) is 0 Å². The van der Waals surface area contributed by atoms with Crippen molar-refractivity contribution in [3.63, 3.8) is 0 Å². The van der Waals surface area contributed by atoms with Crippen molar-refractivity contribution in [2.24, 2.45) is 0 Å². The first-order valence-electron chi connectivity index (χ1n) is 8.00. The second kappa shape index (κ2) is 7.38. The molecule has 0 aromatic carbocycles. The fraction of sp³-hybridized carbons (Fsp3) is 0.933. The largest absolute Gasteiger partial charge is 0.392 e. The van der Waals surface area contributed by atoms with E-state index in [0.717, 1.165) is 52.0 Å². The maximum Gasteiger partial charge on any atom is 0.236 e. The van der Waals surface area contributed by atoms with Crippen molar-refractivity contribution in [1.82, 2.24) is 14.7 Å². The third kappa shape index (κ3) is 3.93. The van der Waals surface area contributed by atoms with Crippen molar-refractivity contribution in [2.75, 3.05) is 46.3 Å². The molecular formula is C15H29N3O2. The zero-order chi connectivity index (χ0) is 14.5. The highest BCUT2D eigenvalue weighted by molar-refractivity contribution is 5.78. The molecule has 20 heavy (non-hydrogen) atoms. The summed E-state index contributed by atoms with van der Waals surface area (Å²) in [5.41, 5.74) is 0. The number of rotatable bonds is 4. The van der Waals surface area contributed by atoms with Crippen molar-refractivity contribution in [3.05, 3.63) is 0 Å². The molecule has 0 spiro atoms. The molecule has 2 atom stereocenters. The van der Waals surface area contributed by atoms with Gasteiger partial charge in [-0.05, 0) is 32.9 Å². The van der Waals surface area contributed by atoms with E-state index in [2.05, 4.69) is 16.8 Å². The Morgan fingerprint density at radius 2 is 1.90 bits per heavy atom. The lowest BCUT2D eigenvalue weighted by Crippen LogP contribution is -2.54. The SMILES string of the molecule is CCC(O)C1CCCCN1CC(=O)N1CCN(C)CC1. The van der Waals surface area contributed by atoms with Crippen LogP contribution in [0.4, 0.5) is 0 Å². The van der Waals surface area contributed by atoms with Crippen LogP contribution in [-0.2, 0) is 4.79 Å². The fourth-order valence-corrected chi connectivity index (χ4v) is 3.25. The molecule has 0 bridgehead atoms. The minimum absolute atomic E-state index is 0.171. The maximum atomic E-state index is 12.4. The molecule has 0 saturated carbocycles. The van der Waals surface area contributed by atoms with E-state index in [-0.39, 0.29) is 18.1 Å². The lowest BCUT2D eigenvalue weighted by atomic mass is 9.96. The van der Waals surface area contributed by atoms with Crippen LogP contribution in [0.1, 0.15) is 32.6 Å². The van der Waals surface area contributed by atoms with Crippen molar-refractivity contribution in [2.45, 2.75) is 44.8 Å². The van der Waals surface area contributed by atoms with Gasteiger partial charge in [0.05, 0.1) is 12.6 Å². The molecule has 5 heteroatoms. The number of carbonyl (C=O) groups is 1. The molecule has 2 unspecified atom stereocenters. The number of hydrogen-bond acceptors (Lipinski definition) is 4. The van der Waals surface area contributed by atoms with E-state index in [4.69, 9.17) is 0 Å². The van der Waals surface area contributed by atoms with Crippen LogP contribution in [-0.4, -0.2) is 84.2 Å². The maximum absolute atomic E-state index is 12.4. The van der Waals surface area contributed by atoms with Gasteiger partial charge in [-0.2, -0.15) is 0 Å². The molecule has 1 N–H and O–H groups in total. The molecule has 5 nitrogen and oxygen atoms in total. The average molecular weight is 283 g/mol. The van der Waals surface area contributed by atoms with Gasteiger partial charge < -0.3 is 14.9 Å². The standard InChI is InChI=1S/C15H29N3O2/c1-3-14(19)13-6-4-5-7-18(13)12-15(20)17-10-8-16(2)9-11-17/h13-14,19H,3-12H2,1-2H3. The Morgan fingerprint density at radius 1 is 1.20 bits per heavy atom. The van der Waals surface area contributed by atoms with Crippen LogP contribution >= 0.6 is 0 Å². The van der Waals surface area contributed by atoms with Crippen molar-refractivity contribution < 1.29 is 9.90 Å². The number of nitrogens with zero attached hydrogens (tertiary/aromatic N) is 3. The molecule has 2 fully saturated rings. The van der Waals surface area contributed by atoms with Crippen LogP contribution in [0.15, 0.2) is 0 Å². The van der Waals surface area contributed by atoms with Gasteiger partial charge in [-0.3, -0.25) is 9.69 Å². The number of amides is 1. The first kappa shape index (κ1) is 15.7. The third-order valence-corrected chi connectivity index (χ3v) is 4.72. The fourth-order valence-electron chi connectivity index (χ4n) is 3.25. The summed E-state index contributed by atoms with van der Waals surface area (Å²) in [5.74, 6) is 0.230. The molecule has 0 radical (unpaired) electrons. The van der Waals surface area contributed by atoms with E-state index in [9.17, 15) is 9.90 Å². The van der Waals surface area contributed by atoms with Gasteiger partial charge in [0.1, 0.15) is 0 Å². The predicted octanol–water partition coefficient (Wildman–Crippen LogP) is 0.386. The Bertz CT molecular complexity index is 316. The van der Waals surface area contributed by atoms with E-state index < -0.39 is 0 Å².